The summed E-state index contributed by atoms with van der Waals surface area (Å²) in [4.78, 5) is 0. The molecule has 0 atom stereocenters. The van der Waals surface area contributed by atoms with E-state index in [4.69, 9.17) is 12.5 Å². The maximum atomic E-state index is 8.47. The van der Waals surface area contributed by atoms with Gasteiger partial charge in [-0.1, -0.05) is 20.8 Å². The second-order valence-corrected chi connectivity index (χ2v) is 2.03. The summed E-state index contributed by atoms with van der Waals surface area (Å²) in [6.07, 6.45) is 2.88. The Morgan fingerprint density at radius 1 is 1.08 bits per heavy atom. The molecule has 0 unspecified atom stereocenters. The van der Waals surface area contributed by atoms with Crippen LogP contribution in [0.25, 0.3) is 0 Å². The topological polar surface area (TPSA) is 54.4 Å². The molecular formula is C9H22O3V-2. The third kappa shape index (κ3) is 954. The molecule has 0 aromatic carbocycles. The molecule has 83 valence electrons. The summed E-state index contributed by atoms with van der Waals surface area (Å²) in [5, 5.41) is 7.88. The van der Waals surface area contributed by atoms with Crippen LogP contribution in [0.2, 0.25) is 0 Å². The molecule has 3 nitrogen and oxygen atoms in total. The van der Waals surface area contributed by atoms with Gasteiger partial charge in [0.15, 0.2) is 0 Å². The molecule has 1 N–H and O–H groups in total. The summed E-state index contributed by atoms with van der Waals surface area (Å²) in [6.45, 7) is 13.2. The summed E-state index contributed by atoms with van der Waals surface area (Å²) < 4.78 is 16.9. The van der Waals surface area contributed by atoms with E-state index in [-0.39, 0.29) is 0 Å². The molecule has 0 radical (unpaired) electrons. The molecule has 0 aromatic rings. The van der Waals surface area contributed by atoms with Crippen molar-refractivity contribution in [2.45, 2.75) is 40.0 Å². The van der Waals surface area contributed by atoms with Crippen molar-refractivity contribution >= 4 is 0 Å². The van der Waals surface area contributed by atoms with Crippen molar-refractivity contribution in [3.05, 3.63) is 13.8 Å². The summed E-state index contributed by atoms with van der Waals surface area (Å²) in [6, 6.07) is 0. The van der Waals surface area contributed by atoms with Crippen LogP contribution in [0.3, 0.4) is 0 Å². The van der Waals surface area contributed by atoms with Crippen molar-refractivity contribution in [2.24, 2.45) is 0 Å². The van der Waals surface area contributed by atoms with Gasteiger partial charge < -0.3 is 19.0 Å². The third-order valence-corrected chi connectivity index (χ3v) is 0.224. The Bertz CT molecular complexity index is 67.3. The predicted molar refractivity (Wildman–Crippen MR) is 50.0 cm³/mol. The first-order valence-electron chi connectivity index (χ1n) is 4.30. The van der Waals surface area contributed by atoms with Gasteiger partial charge in [-0.15, -0.1) is 0 Å². The minimum absolute atomic E-state index is 0.319. The molecule has 0 fully saturated rings. The van der Waals surface area contributed by atoms with Gasteiger partial charge in [0, 0.05) is 6.61 Å². The Labute approximate surface area is 89.5 Å². The van der Waals surface area contributed by atoms with E-state index in [0.29, 0.717) is 6.61 Å². The predicted octanol–water partition coefficient (Wildman–Crippen LogP) is 2.61. The van der Waals surface area contributed by atoms with Crippen LogP contribution in [0, 0.1) is 13.8 Å². The van der Waals surface area contributed by atoms with E-state index in [1.54, 1.807) is 0 Å². The Kier molecular flexibility index (Phi) is 102. The molecule has 0 amide bonds. The summed E-state index contributed by atoms with van der Waals surface area (Å²) >= 11 is -1.81. The summed E-state index contributed by atoms with van der Waals surface area (Å²) in [7, 11) is 0. The number of rotatable bonds is 1. The van der Waals surface area contributed by atoms with Gasteiger partial charge in [-0.2, -0.15) is 12.8 Å². The van der Waals surface area contributed by atoms with Crippen molar-refractivity contribution in [1.29, 1.82) is 0 Å². The van der Waals surface area contributed by atoms with Gasteiger partial charge in [0.2, 0.25) is 0 Å². The zero-order valence-electron chi connectivity index (χ0n) is 8.95. The monoisotopic (exact) mass is 229 g/mol. The van der Waals surface area contributed by atoms with Gasteiger partial charge >= 0.3 is 23.5 Å². The molecule has 0 rings (SSSR count). The van der Waals surface area contributed by atoms with E-state index in [1.165, 1.54) is 0 Å². The van der Waals surface area contributed by atoms with Crippen molar-refractivity contribution in [1.82, 2.24) is 0 Å². The molecule has 0 spiro atoms. The Morgan fingerprint density at radius 2 is 1.15 bits per heavy atom. The molecule has 4 heteroatoms. The average molecular weight is 229 g/mol. The number of aliphatic hydroxyl groups is 1. The SMILES string of the molecule is CCCO.[CH2-]CC.[CH2-]CC.[O]=[V]=[O]. The van der Waals surface area contributed by atoms with Crippen LogP contribution in [0.1, 0.15) is 40.0 Å². The van der Waals surface area contributed by atoms with Crippen LogP contribution in [0.4, 0.5) is 0 Å². The molecule has 0 bridgehead atoms. The zero-order valence-corrected chi connectivity index (χ0v) is 10.4. The minimum atomic E-state index is -1.81. The third-order valence-electron chi connectivity index (χ3n) is 0.224. The quantitative estimate of drug-likeness (QED) is 0.703. The Balaban J connectivity index is -0.0000000420. The van der Waals surface area contributed by atoms with Gasteiger partial charge in [0.25, 0.3) is 0 Å². The molecular weight excluding hydrogens is 207 g/mol. The summed E-state index contributed by atoms with van der Waals surface area (Å²) in [5.41, 5.74) is 0. The van der Waals surface area contributed by atoms with Crippen LogP contribution >= 0.6 is 0 Å². The molecule has 0 aliphatic heterocycles. The second kappa shape index (κ2) is 57.0. The number of aliphatic hydroxyl groups excluding tert-OH is 1. The molecule has 0 aromatic heterocycles. The van der Waals surface area contributed by atoms with Crippen LogP contribution in [0.15, 0.2) is 0 Å². The van der Waals surface area contributed by atoms with Gasteiger partial charge in [-0.05, 0) is 6.42 Å². The van der Waals surface area contributed by atoms with Gasteiger partial charge in [0.1, 0.15) is 0 Å². The number of hydrogen-bond acceptors (Lipinski definition) is 3. The van der Waals surface area contributed by atoms with Crippen LogP contribution in [0.5, 0.6) is 0 Å². The standard InChI is InChI=1S/C3H8O.2C3H7.2O.V/c1-2-3-4;2*1-3-2;;;/h4H,2-3H2,1H3;2*1,3H2,2H3;;;/q;2*-1;;;. The normalized spacial score (nSPS) is 5.69. The molecule has 13 heavy (non-hydrogen) atoms. The summed E-state index contributed by atoms with van der Waals surface area (Å²) in [5.74, 6) is 0. The van der Waals surface area contributed by atoms with E-state index in [1.807, 2.05) is 20.8 Å². The Morgan fingerprint density at radius 3 is 1.15 bits per heavy atom. The van der Waals surface area contributed by atoms with E-state index >= 15 is 0 Å². The van der Waals surface area contributed by atoms with Crippen molar-refractivity contribution in [3.63, 3.8) is 0 Å². The van der Waals surface area contributed by atoms with Crippen molar-refractivity contribution in [3.8, 4) is 0 Å². The van der Waals surface area contributed by atoms with Crippen molar-refractivity contribution < 1.29 is 28.6 Å². The molecule has 0 saturated heterocycles. The van der Waals surface area contributed by atoms with E-state index in [2.05, 4.69) is 13.8 Å². The number of hydrogen-bond donors (Lipinski definition) is 1. The fourth-order valence-electron chi connectivity index (χ4n) is 0. The van der Waals surface area contributed by atoms with Crippen LogP contribution in [-0.2, 0) is 23.5 Å². The van der Waals surface area contributed by atoms with Gasteiger partial charge in [-0.25, -0.2) is 0 Å². The second-order valence-electron chi connectivity index (χ2n) is 1.80. The maximum absolute atomic E-state index is 8.47. The molecule has 0 aliphatic rings. The fourth-order valence-corrected chi connectivity index (χ4v) is 0. The van der Waals surface area contributed by atoms with E-state index in [0.717, 1.165) is 19.3 Å². The first-order valence-corrected chi connectivity index (χ1v) is 5.44. The average Bonchev–Trinajstić information content (AvgIpc) is 2.08. The zero-order chi connectivity index (χ0) is 11.5. The first-order chi connectivity index (χ1) is 6.16. The molecule has 0 aliphatic carbocycles. The van der Waals surface area contributed by atoms with Crippen LogP contribution in [-0.4, -0.2) is 11.7 Å². The first kappa shape index (κ1) is 23.2. The Hall–Kier alpha value is 0.144. The van der Waals surface area contributed by atoms with Gasteiger partial charge in [-0.3, -0.25) is 0 Å². The molecule has 0 heterocycles. The van der Waals surface area contributed by atoms with Crippen LogP contribution < -0.4 is 0 Å². The molecule has 0 saturated carbocycles. The van der Waals surface area contributed by atoms with Gasteiger partial charge in [0.05, 0.1) is 0 Å². The fraction of sp³-hybridized carbons (Fsp3) is 0.778. The van der Waals surface area contributed by atoms with E-state index in [9.17, 15) is 0 Å². The van der Waals surface area contributed by atoms with E-state index < -0.39 is 16.2 Å². The van der Waals surface area contributed by atoms with Crippen molar-refractivity contribution in [2.75, 3.05) is 6.61 Å².